The number of imide groups is 1. The number of carbonyl (C=O) groups is 3. The minimum Gasteiger partial charge on any atom is -0.495 e. The number of methoxy groups -OCH3 is 1. The van der Waals surface area contributed by atoms with E-state index in [0.717, 1.165) is 21.6 Å². The van der Waals surface area contributed by atoms with Gasteiger partial charge in [0.05, 0.1) is 12.8 Å². The molecule has 0 radical (unpaired) electrons. The average Bonchev–Trinajstić information content (AvgIpc) is 3.04. The Morgan fingerprint density at radius 1 is 0.857 bits per heavy atom. The number of carbonyl (C=O) groups excluding carboxylic acids is 3. The highest BCUT2D eigenvalue weighted by molar-refractivity contribution is 6.53. The van der Waals surface area contributed by atoms with Crippen molar-refractivity contribution in [2.24, 2.45) is 0 Å². The molecule has 8 heteroatoms. The summed E-state index contributed by atoms with van der Waals surface area (Å²) in [6, 6.07) is 17.4. The molecule has 35 heavy (non-hydrogen) atoms. The van der Waals surface area contributed by atoms with Gasteiger partial charge >= 0.3 is 0 Å². The van der Waals surface area contributed by atoms with E-state index in [9.17, 15) is 14.4 Å². The van der Waals surface area contributed by atoms with Crippen LogP contribution in [0, 0.1) is 20.8 Å². The summed E-state index contributed by atoms with van der Waals surface area (Å²) >= 11 is 6.25. The Labute approximate surface area is 208 Å². The number of ether oxygens (including phenoxy) is 1. The van der Waals surface area contributed by atoms with Crippen molar-refractivity contribution in [3.63, 3.8) is 0 Å². The Bertz CT molecular complexity index is 1380. The molecule has 7 nitrogen and oxygen atoms in total. The van der Waals surface area contributed by atoms with Gasteiger partial charge in [-0.3, -0.25) is 14.4 Å². The monoisotopic (exact) mass is 489 g/mol. The molecule has 3 amide bonds. The first kappa shape index (κ1) is 24.0. The molecule has 3 aromatic rings. The van der Waals surface area contributed by atoms with E-state index in [1.807, 2.05) is 45.0 Å². The number of nitrogens with one attached hydrogen (secondary N) is 2. The van der Waals surface area contributed by atoms with Gasteiger partial charge in [-0.25, -0.2) is 4.90 Å². The van der Waals surface area contributed by atoms with Gasteiger partial charge in [-0.2, -0.15) is 0 Å². The molecule has 0 saturated carbocycles. The molecule has 1 heterocycles. The van der Waals surface area contributed by atoms with Crippen LogP contribution in [0.15, 0.2) is 71.4 Å². The third kappa shape index (κ3) is 4.76. The Morgan fingerprint density at radius 3 is 2.20 bits per heavy atom. The van der Waals surface area contributed by atoms with Crippen molar-refractivity contribution in [2.45, 2.75) is 20.8 Å². The number of halogens is 1. The molecule has 0 atom stereocenters. The molecular weight excluding hydrogens is 466 g/mol. The standard InChI is InChI=1S/C27H24ClN3O4/c1-15-5-12-22(35-4)21(13-15)31-26(33)23(28)24(27(31)34)29-19-10-7-18(8-11-19)25(32)30-20-9-6-16(2)17(3)14-20/h5-14,29H,1-4H3,(H,30,32). The van der Waals surface area contributed by atoms with Crippen molar-refractivity contribution in [1.82, 2.24) is 0 Å². The van der Waals surface area contributed by atoms with Crippen molar-refractivity contribution in [3.8, 4) is 5.75 Å². The highest BCUT2D eigenvalue weighted by Gasteiger charge is 2.40. The molecule has 1 aliphatic rings. The van der Waals surface area contributed by atoms with Crippen LogP contribution in [0.5, 0.6) is 5.75 Å². The van der Waals surface area contributed by atoms with Gasteiger partial charge in [0.25, 0.3) is 17.7 Å². The predicted molar refractivity (Wildman–Crippen MR) is 137 cm³/mol. The van der Waals surface area contributed by atoms with Crippen molar-refractivity contribution < 1.29 is 19.1 Å². The van der Waals surface area contributed by atoms with Gasteiger partial charge in [0.1, 0.15) is 16.5 Å². The second kappa shape index (κ2) is 9.64. The number of aryl methyl sites for hydroxylation is 3. The zero-order valence-corrected chi connectivity index (χ0v) is 20.5. The third-order valence-corrected chi connectivity index (χ3v) is 6.13. The van der Waals surface area contributed by atoms with E-state index in [1.54, 1.807) is 36.4 Å². The number of benzene rings is 3. The summed E-state index contributed by atoms with van der Waals surface area (Å²) in [7, 11) is 1.46. The SMILES string of the molecule is COc1ccc(C)cc1N1C(=O)C(Cl)=C(Nc2ccc(C(=O)Nc3ccc(C)c(C)c3)cc2)C1=O. The molecule has 178 valence electrons. The van der Waals surface area contributed by atoms with Gasteiger partial charge in [0, 0.05) is 16.9 Å². The molecule has 2 N–H and O–H groups in total. The molecule has 0 aliphatic carbocycles. The molecule has 0 fully saturated rings. The second-order valence-corrected chi connectivity index (χ2v) is 8.64. The second-order valence-electron chi connectivity index (χ2n) is 8.27. The lowest BCUT2D eigenvalue weighted by atomic mass is 10.1. The fourth-order valence-corrected chi connectivity index (χ4v) is 3.89. The highest BCUT2D eigenvalue weighted by atomic mass is 35.5. The van der Waals surface area contributed by atoms with Crippen LogP contribution in [0.3, 0.4) is 0 Å². The summed E-state index contributed by atoms with van der Waals surface area (Å²) in [6.45, 7) is 5.84. The first-order valence-corrected chi connectivity index (χ1v) is 11.3. The summed E-state index contributed by atoms with van der Waals surface area (Å²) in [6.07, 6.45) is 0. The topological polar surface area (TPSA) is 87.7 Å². The lowest BCUT2D eigenvalue weighted by Crippen LogP contribution is -2.32. The number of hydrogen-bond acceptors (Lipinski definition) is 5. The van der Waals surface area contributed by atoms with Crippen LogP contribution in [0.4, 0.5) is 17.1 Å². The molecule has 1 aliphatic heterocycles. The molecule has 0 bridgehead atoms. The Balaban J connectivity index is 1.51. The van der Waals surface area contributed by atoms with E-state index in [1.165, 1.54) is 7.11 Å². The largest absolute Gasteiger partial charge is 0.495 e. The molecule has 0 saturated heterocycles. The van der Waals surface area contributed by atoms with Crippen LogP contribution in [-0.2, 0) is 9.59 Å². The number of hydrogen-bond donors (Lipinski definition) is 2. The third-order valence-electron chi connectivity index (χ3n) is 5.78. The fourth-order valence-electron chi connectivity index (χ4n) is 3.68. The van der Waals surface area contributed by atoms with E-state index in [-0.39, 0.29) is 16.6 Å². The van der Waals surface area contributed by atoms with Gasteiger partial charge in [-0.15, -0.1) is 0 Å². The maximum absolute atomic E-state index is 13.1. The van der Waals surface area contributed by atoms with Crippen LogP contribution in [0.1, 0.15) is 27.0 Å². The summed E-state index contributed by atoms with van der Waals surface area (Å²) in [5.41, 5.74) is 5.00. The van der Waals surface area contributed by atoms with Crippen molar-refractivity contribution in [1.29, 1.82) is 0 Å². The number of anilines is 3. The van der Waals surface area contributed by atoms with Gasteiger partial charge in [-0.1, -0.05) is 23.7 Å². The lowest BCUT2D eigenvalue weighted by molar-refractivity contribution is -0.120. The zero-order valence-electron chi connectivity index (χ0n) is 19.7. The van der Waals surface area contributed by atoms with E-state index in [2.05, 4.69) is 10.6 Å². The number of rotatable bonds is 6. The predicted octanol–water partition coefficient (Wildman–Crippen LogP) is 5.31. The van der Waals surface area contributed by atoms with Crippen LogP contribution in [-0.4, -0.2) is 24.8 Å². The van der Waals surface area contributed by atoms with E-state index in [0.29, 0.717) is 28.4 Å². The van der Waals surface area contributed by atoms with E-state index < -0.39 is 11.8 Å². The van der Waals surface area contributed by atoms with Crippen molar-refractivity contribution in [3.05, 3.63) is 93.6 Å². The normalized spacial score (nSPS) is 13.3. The zero-order chi connectivity index (χ0) is 25.3. The van der Waals surface area contributed by atoms with Crippen LogP contribution < -0.4 is 20.3 Å². The maximum atomic E-state index is 13.1. The quantitative estimate of drug-likeness (QED) is 0.458. The first-order chi connectivity index (χ1) is 16.7. The Morgan fingerprint density at radius 2 is 1.54 bits per heavy atom. The molecular formula is C27H24ClN3O4. The van der Waals surface area contributed by atoms with Crippen molar-refractivity contribution >= 4 is 46.4 Å². The van der Waals surface area contributed by atoms with E-state index in [4.69, 9.17) is 16.3 Å². The van der Waals surface area contributed by atoms with E-state index >= 15 is 0 Å². The molecule has 0 unspecified atom stereocenters. The maximum Gasteiger partial charge on any atom is 0.283 e. The van der Waals surface area contributed by atoms with Crippen LogP contribution in [0.25, 0.3) is 0 Å². The minimum atomic E-state index is -0.646. The van der Waals surface area contributed by atoms with Gasteiger partial charge in [-0.05, 0) is 86.0 Å². The smallest absolute Gasteiger partial charge is 0.283 e. The Kier molecular flexibility index (Phi) is 6.62. The summed E-state index contributed by atoms with van der Waals surface area (Å²) < 4.78 is 5.32. The highest BCUT2D eigenvalue weighted by Crippen LogP contribution is 2.36. The van der Waals surface area contributed by atoms with Crippen LogP contribution >= 0.6 is 11.6 Å². The summed E-state index contributed by atoms with van der Waals surface area (Å²) in [5, 5.41) is 5.56. The van der Waals surface area contributed by atoms with Gasteiger partial charge < -0.3 is 15.4 Å². The average molecular weight is 490 g/mol. The lowest BCUT2D eigenvalue weighted by Gasteiger charge is -2.18. The van der Waals surface area contributed by atoms with Gasteiger partial charge in [0.15, 0.2) is 0 Å². The molecule has 0 aromatic heterocycles. The first-order valence-electron chi connectivity index (χ1n) is 10.9. The summed E-state index contributed by atoms with van der Waals surface area (Å²) in [4.78, 5) is 39.6. The number of nitrogens with zero attached hydrogens (tertiary/aromatic N) is 1. The molecule has 4 rings (SSSR count). The fraction of sp³-hybridized carbons (Fsp3) is 0.148. The number of amides is 3. The molecule has 3 aromatic carbocycles. The Hall–Kier alpha value is -4.10. The van der Waals surface area contributed by atoms with Gasteiger partial charge in [0.2, 0.25) is 0 Å². The van der Waals surface area contributed by atoms with Crippen molar-refractivity contribution in [2.75, 3.05) is 22.6 Å². The van der Waals surface area contributed by atoms with Crippen LogP contribution in [0.2, 0.25) is 0 Å². The minimum absolute atomic E-state index is 0.0486. The summed E-state index contributed by atoms with van der Waals surface area (Å²) in [5.74, 6) is -1.13. The molecule has 0 spiro atoms.